The normalized spacial score (nSPS) is 15.6. The quantitative estimate of drug-likeness (QED) is 0.106. The molecule has 1 aromatic heterocycles. The van der Waals surface area contributed by atoms with Gasteiger partial charge in [-0.3, -0.25) is 4.79 Å². The molecule has 0 fully saturated rings. The average molecular weight is 862 g/mol. The molecule has 2 aromatic carbocycles. The number of rotatable bonds is 16. The molecule has 4 rings (SSSR count). The van der Waals surface area contributed by atoms with Gasteiger partial charge in [0.25, 0.3) is 5.91 Å². The largest absolute Gasteiger partial charge is 0.493 e. The van der Waals surface area contributed by atoms with Crippen molar-refractivity contribution in [2.45, 2.75) is 137 Å². The highest BCUT2D eigenvalue weighted by atomic mass is 32.2. The van der Waals surface area contributed by atoms with Gasteiger partial charge in [0.15, 0.2) is 28.9 Å². The third-order valence-electron chi connectivity index (χ3n) is 10.3. The standard InChI is InChI=1S/C42H67N3O10SSi2/c1-26(35(54-57(13)14)22-40(2,3)4)43-23-29(55-58(15,16)42(8,9)10)25-51-28-17-18-32-27(19-28)20-33(45(32)39(47)52-41(5,6)7)30-21-34(50-11)37(53-56(12,48)49)31-24-44-38(46)36(30)31/h17-21,26,29,35,43,57H,22-25H2,1-16H3,(H,44,46). The van der Waals surface area contributed by atoms with E-state index in [-0.39, 0.29) is 58.9 Å². The van der Waals surface area contributed by atoms with Gasteiger partial charge < -0.3 is 37.9 Å². The lowest BCUT2D eigenvalue weighted by molar-refractivity contribution is 0.0546. The number of nitrogens with one attached hydrogen (secondary N) is 2. The molecule has 3 atom stereocenters. The Bertz CT molecular complexity index is 2080. The third-order valence-corrected chi connectivity index (χ3v) is 16.2. The number of carbonyl (C=O) groups is 2. The van der Waals surface area contributed by atoms with Crippen LogP contribution in [0.5, 0.6) is 17.2 Å². The van der Waals surface area contributed by atoms with Crippen molar-refractivity contribution in [3.63, 3.8) is 0 Å². The number of fused-ring (bicyclic) bond motifs is 2. The molecule has 16 heteroatoms. The van der Waals surface area contributed by atoms with Crippen molar-refractivity contribution in [2.75, 3.05) is 26.5 Å². The summed E-state index contributed by atoms with van der Waals surface area (Å²) in [4.78, 5) is 27.4. The van der Waals surface area contributed by atoms with E-state index in [1.165, 1.54) is 17.7 Å². The van der Waals surface area contributed by atoms with Gasteiger partial charge in [-0.25, -0.2) is 9.36 Å². The van der Waals surface area contributed by atoms with Crippen LogP contribution in [0.4, 0.5) is 4.79 Å². The van der Waals surface area contributed by atoms with E-state index in [0.29, 0.717) is 40.0 Å². The van der Waals surface area contributed by atoms with Crippen LogP contribution in [0.25, 0.3) is 22.2 Å². The van der Waals surface area contributed by atoms with Gasteiger partial charge in [0.05, 0.1) is 42.3 Å². The monoisotopic (exact) mass is 861 g/mol. The minimum absolute atomic E-state index is 0.00332. The van der Waals surface area contributed by atoms with Gasteiger partial charge in [-0.15, -0.1) is 0 Å². The van der Waals surface area contributed by atoms with E-state index in [9.17, 15) is 18.0 Å². The molecule has 3 aromatic rings. The molecule has 1 aliphatic heterocycles. The maximum Gasteiger partial charge on any atom is 0.419 e. The molecular weight excluding hydrogens is 795 g/mol. The molecule has 58 heavy (non-hydrogen) atoms. The summed E-state index contributed by atoms with van der Waals surface area (Å²) in [6, 6.07) is 8.81. The van der Waals surface area contributed by atoms with Crippen LogP contribution in [-0.4, -0.2) is 92.7 Å². The molecule has 2 N–H and O–H groups in total. The zero-order chi connectivity index (χ0) is 43.8. The Morgan fingerprint density at radius 1 is 1.03 bits per heavy atom. The first kappa shape index (κ1) is 47.3. The van der Waals surface area contributed by atoms with Crippen LogP contribution in [0.3, 0.4) is 0 Å². The number of hydrogen-bond donors (Lipinski definition) is 2. The van der Waals surface area contributed by atoms with Gasteiger partial charge in [-0.1, -0.05) is 41.5 Å². The number of ether oxygens (including phenoxy) is 3. The van der Waals surface area contributed by atoms with Crippen molar-refractivity contribution >= 4 is 50.4 Å². The number of nitrogens with zero attached hydrogens (tertiary/aromatic N) is 1. The fourth-order valence-corrected chi connectivity index (χ4v) is 9.48. The molecule has 0 bridgehead atoms. The second-order valence-electron chi connectivity index (χ2n) is 19.3. The summed E-state index contributed by atoms with van der Waals surface area (Å²) in [7, 11) is -6.10. The molecule has 0 spiro atoms. The van der Waals surface area contributed by atoms with E-state index < -0.39 is 45.1 Å². The number of carbonyl (C=O) groups excluding carboxylic acids is 2. The zero-order valence-electron chi connectivity index (χ0n) is 37.5. The highest BCUT2D eigenvalue weighted by molar-refractivity contribution is 7.86. The van der Waals surface area contributed by atoms with E-state index in [4.69, 9.17) is 27.2 Å². The predicted molar refractivity (Wildman–Crippen MR) is 235 cm³/mol. The van der Waals surface area contributed by atoms with E-state index in [1.54, 1.807) is 39.0 Å². The fourth-order valence-electron chi connectivity index (χ4n) is 6.62. The minimum atomic E-state index is -3.97. The summed E-state index contributed by atoms with van der Waals surface area (Å²) in [5.74, 6) is 0.109. The molecular formula is C42H67N3O10SSi2. The summed E-state index contributed by atoms with van der Waals surface area (Å²) >= 11 is 0. The number of amides is 1. The summed E-state index contributed by atoms with van der Waals surface area (Å²) in [6.45, 7) is 30.6. The van der Waals surface area contributed by atoms with E-state index in [1.807, 2.05) is 6.07 Å². The Balaban J connectivity index is 1.76. The van der Waals surface area contributed by atoms with Gasteiger partial charge in [0.1, 0.15) is 18.0 Å². The van der Waals surface area contributed by atoms with Crippen LogP contribution in [0.15, 0.2) is 30.3 Å². The molecule has 1 amide bonds. The summed E-state index contributed by atoms with van der Waals surface area (Å²) < 4.78 is 62.6. The van der Waals surface area contributed by atoms with Crippen LogP contribution in [-0.2, 0) is 30.3 Å². The Labute approximate surface area is 348 Å². The Morgan fingerprint density at radius 3 is 2.24 bits per heavy atom. The van der Waals surface area contributed by atoms with Crippen molar-refractivity contribution < 1.29 is 45.3 Å². The van der Waals surface area contributed by atoms with Crippen molar-refractivity contribution in [1.82, 2.24) is 15.2 Å². The fraction of sp³-hybridized carbons (Fsp3) is 0.619. The lowest BCUT2D eigenvalue weighted by atomic mass is 9.87. The Hall–Kier alpha value is -3.42. The number of methoxy groups -OCH3 is 1. The highest BCUT2D eigenvalue weighted by Gasteiger charge is 2.40. The van der Waals surface area contributed by atoms with Crippen molar-refractivity contribution in [3.8, 4) is 28.5 Å². The van der Waals surface area contributed by atoms with Crippen LogP contribution < -0.4 is 24.3 Å². The van der Waals surface area contributed by atoms with Gasteiger partial charge >= 0.3 is 16.2 Å². The SMILES string of the molecule is COc1cc(-c2cc3cc(OCC(CNC(C)C(CC(C)(C)C)O[SiH](C)C)O[Si](C)(C)C(C)(C)C)ccc3n2C(=O)OC(C)(C)C)c2c(c1OS(C)(=O)=O)CNC2=O. The lowest BCUT2D eigenvalue weighted by Crippen LogP contribution is -2.51. The molecule has 0 saturated carbocycles. The second kappa shape index (κ2) is 17.7. The third kappa shape index (κ3) is 12.1. The predicted octanol–water partition coefficient (Wildman–Crippen LogP) is 8.23. The first-order valence-electron chi connectivity index (χ1n) is 20.0. The Kier molecular flexibility index (Phi) is 14.4. The lowest BCUT2D eigenvalue weighted by Gasteiger charge is -2.40. The first-order chi connectivity index (χ1) is 26.5. The van der Waals surface area contributed by atoms with Gasteiger partial charge in [-0.05, 0) is 101 Å². The molecule has 0 radical (unpaired) electrons. The molecule has 3 unspecified atom stereocenters. The van der Waals surface area contributed by atoms with Gasteiger partial charge in [0.2, 0.25) is 0 Å². The summed E-state index contributed by atoms with van der Waals surface area (Å²) in [5.41, 5.74) is 0.937. The maximum atomic E-state index is 14.0. The number of hydrogen-bond acceptors (Lipinski definition) is 11. The minimum Gasteiger partial charge on any atom is -0.493 e. The van der Waals surface area contributed by atoms with Crippen LogP contribution in [0, 0.1) is 5.41 Å². The molecule has 13 nitrogen and oxygen atoms in total. The van der Waals surface area contributed by atoms with E-state index in [0.717, 1.165) is 12.7 Å². The van der Waals surface area contributed by atoms with Crippen LogP contribution >= 0.6 is 0 Å². The second-order valence-corrected chi connectivity index (χ2v) is 28.0. The van der Waals surface area contributed by atoms with Crippen molar-refractivity contribution in [2.24, 2.45) is 5.41 Å². The summed E-state index contributed by atoms with van der Waals surface area (Å²) in [5, 5.41) is 7.12. The molecule has 324 valence electrons. The molecule has 1 aliphatic rings. The smallest absolute Gasteiger partial charge is 0.419 e. The van der Waals surface area contributed by atoms with Gasteiger partial charge in [0, 0.05) is 35.6 Å². The van der Waals surface area contributed by atoms with Crippen molar-refractivity contribution in [1.29, 1.82) is 0 Å². The Morgan fingerprint density at radius 2 is 1.69 bits per heavy atom. The van der Waals surface area contributed by atoms with Crippen LogP contribution in [0.2, 0.25) is 31.2 Å². The van der Waals surface area contributed by atoms with E-state index >= 15 is 0 Å². The van der Waals surface area contributed by atoms with E-state index in [2.05, 4.69) is 85.3 Å². The zero-order valence-corrected chi connectivity index (χ0v) is 40.4. The maximum absolute atomic E-state index is 14.0. The highest BCUT2D eigenvalue weighted by Crippen LogP contribution is 2.44. The molecule has 0 aliphatic carbocycles. The topological polar surface area (TPSA) is 153 Å². The molecule has 0 saturated heterocycles. The molecule has 2 heterocycles. The number of benzene rings is 2. The van der Waals surface area contributed by atoms with Crippen LogP contribution in [0.1, 0.15) is 91.6 Å². The van der Waals surface area contributed by atoms with Gasteiger partial charge in [-0.2, -0.15) is 8.42 Å². The number of aromatic nitrogens is 1. The van der Waals surface area contributed by atoms with Crippen molar-refractivity contribution in [3.05, 3.63) is 41.5 Å². The summed E-state index contributed by atoms with van der Waals surface area (Å²) in [6.07, 6.45) is 0.992. The average Bonchev–Trinajstić information content (AvgIpc) is 3.63. The first-order valence-corrected chi connectivity index (χ1v) is 27.5.